The second kappa shape index (κ2) is 19.6. The molecule has 2 fully saturated rings. The third-order valence-corrected chi connectivity index (χ3v) is 11.1. The van der Waals surface area contributed by atoms with Gasteiger partial charge < -0.3 is 38.8 Å². The first-order valence-corrected chi connectivity index (χ1v) is 20.4. The van der Waals surface area contributed by atoms with Crippen molar-refractivity contribution in [1.29, 1.82) is 0 Å². The molecule has 0 saturated carbocycles. The lowest BCUT2D eigenvalue weighted by Gasteiger charge is -2.38. The van der Waals surface area contributed by atoms with Gasteiger partial charge in [0, 0.05) is 68.1 Å². The fourth-order valence-electron chi connectivity index (χ4n) is 7.96. The molecule has 4 heterocycles. The van der Waals surface area contributed by atoms with Crippen molar-refractivity contribution in [3.05, 3.63) is 83.7 Å². The summed E-state index contributed by atoms with van der Waals surface area (Å²) in [6, 6.07) is 16.0. The highest BCUT2D eigenvalue weighted by molar-refractivity contribution is 5.95. The predicted molar refractivity (Wildman–Crippen MR) is 221 cm³/mol. The summed E-state index contributed by atoms with van der Waals surface area (Å²) in [5.74, 6) is -0.999. The second-order valence-corrected chi connectivity index (χ2v) is 16.3. The van der Waals surface area contributed by atoms with E-state index in [1.54, 1.807) is 37.4 Å². The molecule has 4 aromatic rings. The number of benzene rings is 2. The van der Waals surface area contributed by atoms with Crippen molar-refractivity contribution >= 4 is 34.6 Å². The first-order chi connectivity index (χ1) is 29.1. The van der Waals surface area contributed by atoms with Gasteiger partial charge in [-0.15, -0.1) is 0 Å². The molecule has 2 aromatic heterocycles. The van der Waals surface area contributed by atoms with Crippen LogP contribution >= 0.6 is 0 Å². The molecule has 0 spiro atoms. The van der Waals surface area contributed by atoms with Gasteiger partial charge in [0.25, 0.3) is 5.91 Å². The molecule has 2 aliphatic rings. The van der Waals surface area contributed by atoms with E-state index in [4.69, 9.17) is 18.9 Å². The van der Waals surface area contributed by atoms with Crippen LogP contribution in [0.5, 0.6) is 0 Å². The van der Waals surface area contributed by atoms with Crippen LogP contribution in [0.25, 0.3) is 22.2 Å². The van der Waals surface area contributed by atoms with E-state index in [1.807, 2.05) is 55.1 Å². The summed E-state index contributed by atoms with van der Waals surface area (Å²) in [4.78, 5) is 46.2. The van der Waals surface area contributed by atoms with Crippen LogP contribution in [0.3, 0.4) is 0 Å². The van der Waals surface area contributed by atoms with E-state index in [1.165, 1.54) is 23.8 Å². The maximum atomic E-state index is 14.5. The number of hydrazine groups is 1. The fraction of sp³-hybridized carbons (Fsp3) is 0.500. The molecule has 2 aromatic carbocycles. The largest absolute Gasteiger partial charge is 0.468 e. The predicted octanol–water partition coefficient (Wildman–Crippen LogP) is 6.09. The summed E-state index contributed by atoms with van der Waals surface area (Å²) >= 11 is 0. The van der Waals surface area contributed by atoms with Crippen LogP contribution in [0, 0.1) is 5.41 Å². The normalized spacial score (nSPS) is 18.4. The zero-order valence-corrected chi connectivity index (χ0v) is 35.2. The van der Waals surface area contributed by atoms with E-state index >= 15 is 0 Å². The summed E-state index contributed by atoms with van der Waals surface area (Å²) in [5, 5.41) is 15.0. The summed E-state index contributed by atoms with van der Waals surface area (Å²) in [7, 11) is 2.79. The number of carbonyl (C=O) groups excluding carboxylic acids is 3. The van der Waals surface area contributed by atoms with E-state index in [0.717, 1.165) is 5.56 Å². The van der Waals surface area contributed by atoms with E-state index in [2.05, 4.69) is 15.7 Å². The molecule has 6 rings (SSSR count). The number of methoxy groups -OCH3 is 2. The van der Waals surface area contributed by atoms with Gasteiger partial charge in [-0.25, -0.2) is 10.2 Å². The Balaban J connectivity index is 1.33. The molecule has 0 bridgehead atoms. The van der Waals surface area contributed by atoms with Crippen molar-refractivity contribution < 1.29 is 51.6 Å². The number of carbonyl (C=O) groups is 3. The molecule has 2 aliphatic heterocycles. The molecule has 61 heavy (non-hydrogen) atoms. The van der Waals surface area contributed by atoms with Crippen LogP contribution in [0.1, 0.15) is 63.0 Å². The first-order valence-electron chi connectivity index (χ1n) is 20.4. The van der Waals surface area contributed by atoms with Crippen molar-refractivity contribution in [3.8, 4) is 11.3 Å². The highest BCUT2D eigenvalue weighted by Crippen LogP contribution is 2.42. The number of rotatable bonds is 15. The number of pyridine rings is 1. The minimum absolute atomic E-state index is 0.0203. The topological polar surface area (TPSA) is 157 Å². The molecule has 0 radical (unpaired) electrons. The SMILES string of the molecule is COC(=O)[C@@H]1CCCN(C(=O)[C@H](C[C@H]2CN(c3ccc4c(c3)c(CC(C)(C)CO)c(-c3cccnc3[C@H](C)OC)n4CC(F)(F)F)CCO2)NC(=O)OCc2ccccc2)N1. The second-order valence-electron chi connectivity index (χ2n) is 16.3. The number of aliphatic hydroxyl groups is 1. The Morgan fingerprint density at radius 2 is 1.84 bits per heavy atom. The van der Waals surface area contributed by atoms with Gasteiger partial charge in [0.15, 0.2) is 0 Å². The zero-order valence-electron chi connectivity index (χ0n) is 35.2. The number of ether oxygens (including phenoxy) is 4. The van der Waals surface area contributed by atoms with Gasteiger partial charge in [0.1, 0.15) is 25.2 Å². The minimum Gasteiger partial charge on any atom is -0.468 e. The van der Waals surface area contributed by atoms with Gasteiger partial charge in [-0.05, 0) is 73.1 Å². The Bertz CT molecular complexity index is 2150. The minimum atomic E-state index is -4.56. The summed E-state index contributed by atoms with van der Waals surface area (Å²) in [6.45, 7) is 5.29. The number of amides is 2. The number of halogens is 3. The van der Waals surface area contributed by atoms with Crippen LogP contribution in [0.2, 0.25) is 0 Å². The van der Waals surface area contributed by atoms with Gasteiger partial charge in [-0.2, -0.15) is 13.2 Å². The van der Waals surface area contributed by atoms with Gasteiger partial charge >= 0.3 is 18.2 Å². The molecule has 3 N–H and O–H groups in total. The Morgan fingerprint density at radius 1 is 1.07 bits per heavy atom. The number of esters is 1. The summed E-state index contributed by atoms with van der Waals surface area (Å²) < 4.78 is 66.8. The highest BCUT2D eigenvalue weighted by Gasteiger charge is 2.37. The third-order valence-electron chi connectivity index (χ3n) is 11.1. The molecule has 330 valence electrons. The lowest BCUT2D eigenvalue weighted by molar-refractivity contribution is -0.150. The smallest absolute Gasteiger partial charge is 0.408 e. The van der Waals surface area contributed by atoms with Crippen LogP contribution < -0.4 is 15.6 Å². The van der Waals surface area contributed by atoms with Crippen LogP contribution in [-0.4, -0.2) is 109 Å². The van der Waals surface area contributed by atoms with Crippen molar-refractivity contribution in [2.45, 2.75) is 90.1 Å². The maximum Gasteiger partial charge on any atom is 0.408 e. The Morgan fingerprint density at radius 3 is 2.54 bits per heavy atom. The zero-order chi connectivity index (χ0) is 43.9. The van der Waals surface area contributed by atoms with Gasteiger partial charge in [-0.1, -0.05) is 44.2 Å². The van der Waals surface area contributed by atoms with Crippen LogP contribution in [-0.2, 0) is 48.1 Å². The van der Waals surface area contributed by atoms with Gasteiger partial charge in [0.2, 0.25) is 0 Å². The Hall–Kier alpha value is -5.23. The molecular formula is C44H55F3N6O8. The maximum absolute atomic E-state index is 14.5. The lowest BCUT2D eigenvalue weighted by atomic mass is 9.84. The number of fused-ring (bicyclic) bond motifs is 1. The highest BCUT2D eigenvalue weighted by atomic mass is 19.4. The number of morpholine rings is 1. The summed E-state index contributed by atoms with van der Waals surface area (Å²) in [6.07, 6.45) is -3.61. The molecule has 2 amide bonds. The number of nitrogens with zero attached hydrogens (tertiary/aromatic N) is 4. The number of nitrogens with one attached hydrogen (secondary N) is 2. The number of anilines is 1. The van der Waals surface area contributed by atoms with Crippen LogP contribution in [0.4, 0.5) is 23.7 Å². The number of alkyl halides is 3. The average Bonchev–Trinajstić information content (AvgIpc) is 3.54. The van der Waals surface area contributed by atoms with E-state index in [9.17, 15) is 32.7 Å². The molecule has 4 atom stereocenters. The summed E-state index contributed by atoms with van der Waals surface area (Å²) in [5.41, 5.74) is 6.06. The molecule has 0 aliphatic carbocycles. The molecule has 17 heteroatoms. The number of aliphatic hydroxyl groups excluding tert-OH is 1. The van der Waals surface area contributed by atoms with E-state index in [0.29, 0.717) is 58.5 Å². The molecule has 0 unspecified atom stereocenters. The van der Waals surface area contributed by atoms with Crippen molar-refractivity contribution in [2.75, 3.05) is 52.0 Å². The van der Waals surface area contributed by atoms with Crippen molar-refractivity contribution in [1.82, 2.24) is 25.3 Å². The standard InChI is InChI=1S/C44H55F3N6O8/c1-28(58-4)38-32(13-9-17-48-38)39-34(23-43(2,3)27-54)33-21-30(15-16-37(33)52(39)26-44(45,46)47)51-19-20-60-31(24-51)22-36(49-42(57)61-25-29-11-7-6-8-12-29)40(55)53-18-10-14-35(50-53)41(56)59-5/h6-9,11-13,15-17,21,28,31,35-36,50,54H,10,14,18-20,22-27H2,1-5H3,(H,49,57)/t28-,31-,35-,36-/m0/s1. The van der Waals surface area contributed by atoms with E-state index < -0.39 is 60.4 Å². The fourth-order valence-corrected chi connectivity index (χ4v) is 7.96. The number of alkyl carbamates (subject to hydrolysis) is 1. The average molecular weight is 853 g/mol. The molecule has 14 nitrogen and oxygen atoms in total. The van der Waals surface area contributed by atoms with Gasteiger partial charge in [0.05, 0.1) is 37.3 Å². The van der Waals surface area contributed by atoms with Crippen molar-refractivity contribution in [3.63, 3.8) is 0 Å². The van der Waals surface area contributed by atoms with Crippen LogP contribution in [0.15, 0.2) is 66.9 Å². The third kappa shape index (κ3) is 11.2. The van der Waals surface area contributed by atoms with Crippen molar-refractivity contribution in [2.24, 2.45) is 5.41 Å². The monoisotopic (exact) mass is 852 g/mol. The number of hydrogen-bond acceptors (Lipinski definition) is 11. The Kier molecular flexibility index (Phi) is 14.6. The Labute approximate surface area is 353 Å². The molecule has 2 saturated heterocycles. The lowest BCUT2D eigenvalue weighted by Crippen LogP contribution is -2.60. The quantitative estimate of drug-likeness (QED) is 0.119. The number of aromatic nitrogens is 2. The van der Waals surface area contributed by atoms with Gasteiger partial charge in [-0.3, -0.25) is 19.6 Å². The molecular weight excluding hydrogens is 798 g/mol. The van der Waals surface area contributed by atoms with E-state index in [-0.39, 0.29) is 45.8 Å². The number of hydrogen-bond donors (Lipinski definition) is 3. The first kappa shape index (κ1) is 45.3.